The number of carbonyl (C=O) groups is 1. The van der Waals surface area contributed by atoms with Crippen LogP contribution in [0.1, 0.15) is 76.2 Å². The highest BCUT2D eigenvalue weighted by molar-refractivity contribution is 5.76. The molecule has 0 radical (unpaired) electrons. The van der Waals surface area contributed by atoms with Crippen molar-refractivity contribution in [3.8, 4) is 0 Å². The third kappa shape index (κ3) is 3.48. The SMILES string of the molecule is CCC(=O)N1CCCC1c1cc2nc(C3CCN(C(C)C)CC3)cc(=O)n2[nH]1. The van der Waals surface area contributed by atoms with Crippen LogP contribution in [0.5, 0.6) is 0 Å². The van der Waals surface area contributed by atoms with Gasteiger partial charge in [-0.25, -0.2) is 9.50 Å². The molecule has 0 bridgehead atoms. The summed E-state index contributed by atoms with van der Waals surface area (Å²) in [5.74, 6) is 0.509. The van der Waals surface area contributed by atoms with Gasteiger partial charge in [0.15, 0.2) is 5.65 Å². The van der Waals surface area contributed by atoms with Gasteiger partial charge in [-0.15, -0.1) is 0 Å². The van der Waals surface area contributed by atoms with Crippen molar-refractivity contribution < 1.29 is 4.79 Å². The fourth-order valence-corrected chi connectivity index (χ4v) is 4.71. The molecule has 0 aromatic carbocycles. The Morgan fingerprint density at radius 3 is 2.64 bits per heavy atom. The van der Waals surface area contributed by atoms with Gasteiger partial charge >= 0.3 is 0 Å². The number of nitrogens with one attached hydrogen (secondary N) is 1. The Morgan fingerprint density at radius 1 is 1.21 bits per heavy atom. The van der Waals surface area contributed by atoms with Crippen molar-refractivity contribution >= 4 is 11.6 Å². The van der Waals surface area contributed by atoms with E-state index in [-0.39, 0.29) is 17.5 Å². The first kappa shape index (κ1) is 19.2. The standard InChI is InChI=1S/C21H31N5O2/c1-4-20(27)25-9-5-6-18(25)17-12-19-22-16(13-21(28)26(19)23-17)15-7-10-24(11-8-15)14(2)3/h12-15,18,23H,4-11H2,1-3H3. The zero-order valence-electron chi connectivity index (χ0n) is 17.1. The average Bonchev–Trinajstić information content (AvgIpc) is 3.34. The van der Waals surface area contributed by atoms with Crippen LogP contribution in [0.3, 0.4) is 0 Å². The van der Waals surface area contributed by atoms with Gasteiger partial charge in [0.05, 0.1) is 17.4 Å². The van der Waals surface area contributed by atoms with Crippen molar-refractivity contribution in [1.82, 2.24) is 24.4 Å². The van der Waals surface area contributed by atoms with E-state index in [1.54, 1.807) is 6.07 Å². The average molecular weight is 386 g/mol. The van der Waals surface area contributed by atoms with Crippen molar-refractivity contribution in [2.24, 2.45) is 0 Å². The normalized spacial score (nSPS) is 21.9. The molecule has 1 unspecified atom stereocenters. The lowest BCUT2D eigenvalue weighted by molar-refractivity contribution is -0.131. The number of hydrogen-bond acceptors (Lipinski definition) is 4. The number of nitrogens with zero attached hydrogens (tertiary/aromatic N) is 4. The van der Waals surface area contributed by atoms with Crippen molar-refractivity contribution in [3.05, 3.63) is 33.9 Å². The fourth-order valence-electron chi connectivity index (χ4n) is 4.71. The quantitative estimate of drug-likeness (QED) is 0.878. The molecule has 2 aromatic rings. The van der Waals surface area contributed by atoms with Crippen molar-refractivity contribution in [2.75, 3.05) is 19.6 Å². The van der Waals surface area contributed by atoms with E-state index in [2.05, 4.69) is 23.8 Å². The number of amides is 1. The van der Waals surface area contributed by atoms with Gasteiger partial charge in [0.1, 0.15) is 0 Å². The van der Waals surface area contributed by atoms with Crippen LogP contribution >= 0.6 is 0 Å². The molecule has 2 saturated heterocycles. The molecule has 2 aliphatic heterocycles. The highest BCUT2D eigenvalue weighted by Gasteiger charge is 2.31. The Kier molecular flexibility index (Phi) is 5.27. The molecule has 1 amide bonds. The molecule has 2 fully saturated rings. The number of likely N-dealkylation sites (tertiary alicyclic amines) is 2. The summed E-state index contributed by atoms with van der Waals surface area (Å²) < 4.78 is 1.52. The van der Waals surface area contributed by atoms with E-state index in [0.29, 0.717) is 24.0 Å². The number of H-pyrrole nitrogens is 1. The Bertz CT molecular complexity index is 907. The second-order valence-electron chi connectivity index (χ2n) is 8.43. The first-order chi connectivity index (χ1) is 13.5. The van der Waals surface area contributed by atoms with E-state index < -0.39 is 0 Å². The maximum atomic E-state index is 12.7. The Hall–Kier alpha value is -2.15. The van der Waals surface area contributed by atoms with Crippen LogP contribution in [0.2, 0.25) is 0 Å². The Labute approximate surface area is 165 Å². The number of aromatic nitrogens is 3. The molecule has 152 valence electrons. The number of hydrogen-bond donors (Lipinski definition) is 1. The summed E-state index contributed by atoms with van der Waals surface area (Å²) in [6, 6.07) is 4.23. The molecule has 0 spiro atoms. The van der Waals surface area contributed by atoms with E-state index >= 15 is 0 Å². The van der Waals surface area contributed by atoms with E-state index in [1.165, 1.54) is 4.52 Å². The minimum atomic E-state index is -0.0658. The van der Waals surface area contributed by atoms with E-state index in [4.69, 9.17) is 4.98 Å². The summed E-state index contributed by atoms with van der Waals surface area (Å²) >= 11 is 0. The number of aromatic amines is 1. The number of carbonyl (C=O) groups excluding carboxylic acids is 1. The van der Waals surface area contributed by atoms with E-state index in [1.807, 2.05) is 17.9 Å². The molecule has 2 aliphatic rings. The smallest absolute Gasteiger partial charge is 0.272 e. The Morgan fingerprint density at radius 2 is 1.96 bits per heavy atom. The van der Waals surface area contributed by atoms with Gasteiger partial charge in [-0.1, -0.05) is 6.92 Å². The molecular weight excluding hydrogens is 354 g/mol. The summed E-state index contributed by atoms with van der Waals surface area (Å²) in [6.45, 7) is 9.25. The Balaban J connectivity index is 1.60. The van der Waals surface area contributed by atoms with Crippen LogP contribution in [0.15, 0.2) is 16.9 Å². The second-order valence-corrected chi connectivity index (χ2v) is 8.43. The van der Waals surface area contributed by atoms with Gasteiger partial charge in [0.2, 0.25) is 5.91 Å². The van der Waals surface area contributed by atoms with Crippen LogP contribution in [0, 0.1) is 0 Å². The lowest BCUT2D eigenvalue weighted by Crippen LogP contribution is -2.38. The minimum absolute atomic E-state index is 0.0197. The monoisotopic (exact) mass is 385 g/mol. The van der Waals surface area contributed by atoms with Crippen LogP contribution in [0.25, 0.3) is 5.65 Å². The largest absolute Gasteiger partial charge is 0.334 e. The van der Waals surface area contributed by atoms with Gasteiger partial charge < -0.3 is 9.80 Å². The molecule has 0 saturated carbocycles. The second kappa shape index (κ2) is 7.70. The number of piperidine rings is 1. The van der Waals surface area contributed by atoms with E-state index in [0.717, 1.165) is 56.7 Å². The maximum Gasteiger partial charge on any atom is 0.272 e. The predicted octanol–water partition coefficient (Wildman–Crippen LogP) is 2.68. The van der Waals surface area contributed by atoms with Crippen LogP contribution in [-0.4, -0.2) is 56.0 Å². The van der Waals surface area contributed by atoms with Crippen molar-refractivity contribution in [1.29, 1.82) is 0 Å². The first-order valence-electron chi connectivity index (χ1n) is 10.6. The van der Waals surface area contributed by atoms with Gasteiger partial charge in [-0.3, -0.25) is 14.7 Å². The summed E-state index contributed by atoms with van der Waals surface area (Å²) in [6.07, 6.45) is 4.51. The molecule has 4 heterocycles. The van der Waals surface area contributed by atoms with Gasteiger partial charge in [0.25, 0.3) is 5.56 Å². The zero-order valence-corrected chi connectivity index (χ0v) is 17.1. The molecule has 7 nitrogen and oxygen atoms in total. The van der Waals surface area contributed by atoms with Crippen molar-refractivity contribution in [3.63, 3.8) is 0 Å². The number of rotatable bonds is 4. The molecule has 1 N–H and O–H groups in total. The van der Waals surface area contributed by atoms with Gasteiger partial charge in [0, 0.05) is 37.1 Å². The fraction of sp³-hybridized carbons (Fsp3) is 0.667. The summed E-state index contributed by atoms with van der Waals surface area (Å²) in [4.78, 5) is 34.2. The third-order valence-electron chi connectivity index (χ3n) is 6.40. The molecule has 2 aromatic heterocycles. The highest BCUT2D eigenvalue weighted by Crippen LogP contribution is 2.32. The molecule has 4 rings (SSSR count). The van der Waals surface area contributed by atoms with E-state index in [9.17, 15) is 9.59 Å². The summed E-state index contributed by atoms with van der Waals surface area (Å²) in [5.41, 5.74) is 2.42. The first-order valence-corrected chi connectivity index (χ1v) is 10.6. The molecule has 28 heavy (non-hydrogen) atoms. The van der Waals surface area contributed by atoms with Crippen LogP contribution in [0.4, 0.5) is 0 Å². The summed E-state index contributed by atoms with van der Waals surface area (Å²) in [7, 11) is 0. The third-order valence-corrected chi connectivity index (χ3v) is 6.40. The molecule has 7 heteroatoms. The molecular formula is C21H31N5O2. The lowest BCUT2D eigenvalue weighted by atomic mass is 9.92. The zero-order chi connectivity index (χ0) is 19.8. The highest BCUT2D eigenvalue weighted by atomic mass is 16.2. The van der Waals surface area contributed by atoms with Crippen LogP contribution < -0.4 is 5.56 Å². The van der Waals surface area contributed by atoms with Gasteiger partial charge in [-0.2, -0.15) is 0 Å². The molecule has 1 atom stereocenters. The van der Waals surface area contributed by atoms with Crippen molar-refractivity contribution in [2.45, 2.75) is 70.9 Å². The molecule has 0 aliphatic carbocycles. The minimum Gasteiger partial charge on any atom is -0.334 e. The topological polar surface area (TPSA) is 73.7 Å². The maximum absolute atomic E-state index is 12.7. The number of fused-ring (bicyclic) bond motifs is 1. The van der Waals surface area contributed by atoms with Gasteiger partial charge in [-0.05, 0) is 52.6 Å². The predicted molar refractivity (Wildman–Crippen MR) is 108 cm³/mol. The summed E-state index contributed by atoms with van der Waals surface area (Å²) in [5, 5.41) is 3.21. The van der Waals surface area contributed by atoms with Crippen LogP contribution in [-0.2, 0) is 4.79 Å². The lowest BCUT2D eigenvalue weighted by Gasteiger charge is -2.34.